The second kappa shape index (κ2) is 7.67. The minimum Gasteiger partial charge on any atom is -0.392 e. The van der Waals surface area contributed by atoms with Gasteiger partial charge in [-0.15, -0.1) is 0 Å². The van der Waals surface area contributed by atoms with E-state index in [0.717, 1.165) is 38.5 Å². The first kappa shape index (κ1) is 19.7. The predicted octanol–water partition coefficient (Wildman–Crippen LogP) is 3.50. The number of aliphatic hydroxyl groups is 2. The Kier molecular flexibility index (Phi) is 5.60. The maximum absolute atomic E-state index is 10.8. The van der Waals surface area contributed by atoms with Crippen LogP contribution in [0.4, 0.5) is 0 Å². The van der Waals surface area contributed by atoms with Crippen molar-refractivity contribution in [1.82, 2.24) is 0 Å². The molecule has 0 amide bonds. The van der Waals surface area contributed by atoms with Gasteiger partial charge in [-0.2, -0.15) is 0 Å². The van der Waals surface area contributed by atoms with Gasteiger partial charge in [0, 0.05) is 11.3 Å². The highest BCUT2D eigenvalue weighted by molar-refractivity contribution is 5.25. The zero-order valence-electron chi connectivity index (χ0n) is 17.0. The molecular formula is C23H36O4. The Hall–Kier alpha value is -0.600. The van der Waals surface area contributed by atoms with Gasteiger partial charge in [-0.3, -0.25) is 0 Å². The molecule has 0 radical (unpaired) electrons. The molecule has 3 saturated carbocycles. The van der Waals surface area contributed by atoms with Gasteiger partial charge in [-0.25, -0.2) is 0 Å². The van der Waals surface area contributed by atoms with Gasteiger partial charge in [-0.1, -0.05) is 45.0 Å². The lowest BCUT2D eigenvalue weighted by Crippen LogP contribution is -2.74. The van der Waals surface area contributed by atoms with Gasteiger partial charge < -0.3 is 19.7 Å². The summed E-state index contributed by atoms with van der Waals surface area (Å²) in [5.41, 5.74) is -0.0431. The number of ether oxygens (including phenoxy) is 2. The third-order valence-electron chi connectivity index (χ3n) is 8.22. The Morgan fingerprint density at radius 3 is 2.41 bits per heavy atom. The van der Waals surface area contributed by atoms with Crippen molar-refractivity contribution in [3.8, 4) is 11.8 Å². The minimum atomic E-state index is -0.552. The lowest BCUT2D eigenvalue weighted by molar-refractivity contribution is -0.391. The van der Waals surface area contributed by atoms with Crippen LogP contribution in [0.25, 0.3) is 0 Å². The Balaban J connectivity index is 1.58. The van der Waals surface area contributed by atoms with Gasteiger partial charge in [0.15, 0.2) is 5.79 Å². The fourth-order valence-corrected chi connectivity index (χ4v) is 6.93. The van der Waals surface area contributed by atoms with Gasteiger partial charge in [0.25, 0.3) is 0 Å². The minimum absolute atomic E-state index is 0.0431. The highest BCUT2D eigenvalue weighted by Crippen LogP contribution is 2.71. The van der Waals surface area contributed by atoms with E-state index in [1.54, 1.807) is 0 Å². The molecule has 0 aromatic rings. The van der Waals surface area contributed by atoms with Crippen LogP contribution in [0, 0.1) is 40.9 Å². The molecule has 152 valence electrons. The summed E-state index contributed by atoms with van der Waals surface area (Å²) in [5.74, 6) is 6.86. The lowest BCUT2D eigenvalue weighted by Gasteiger charge is -2.70. The van der Waals surface area contributed by atoms with E-state index in [2.05, 4.69) is 25.7 Å². The highest BCUT2D eigenvalue weighted by atomic mass is 16.7. The zero-order chi connectivity index (χ0) is 19.1. The summed E-state index contributed by atoms with van der Waals surface area (Å²) in [6.07, 6.45) is 8.52. The first-order chi connectivity index (χ1) is 13.1. The van der Waals surface area contributed by atoms with Gasteiger partial charge in [0.1, 0.15) is 6.10 Å². The standard InChI is InChI=1S/C23H36O4/c1-3-18-21-17(10-11-19(24)16-8-6-5-7-9-16)20(25)12-13-22(21,4-2)23(18)26-14-15-27-23/h16-21,24-25H,3-9,12-15H2,1-2H3/t17-,18?,19-,20+,21-,22-/m1/s1. The van der Waals surface area contributed by atoms with Crippen molar-refractivity contribution in [2.24, 2.45) is 29.1 Å². The van der Waals surface area contributed by atoms with Crippen LogP contribution in [0.2, 0.25) is 0 Å². The molecule has 4 aliphatic rings. The molecule has 27 heavy (non-hydrogen) atoms. The van der Waals surface area contributed by atoms with Crippen LogP contribution in [0.15, 0.2) is 0 Å². The molecular weight excluding hydrogens is 340 g/mol. The van der Waals surface area contributed by atoms with Crippen molar-refractivity contribution >= 4 is 0 Å². The maximum atomic E-state index is 10.8. The average molecular weight is 377 g/mol. The van der Waals surface area contributed by atoms with Crippen molar-refractivity contribution in [3.05, 3.63) is 0 Å². The summed E-state index contributed by atoms with van der Waals surface area (Å²) in [5, 5.41) is 21.4. The first-order valence-corrected chi connectivity index (χ1v) is 11.2. The predicted molar refractivity (Wildman–Crippen MR) is 104 cm³/mol. The van der Waals surface area contributed by atoms with E-state index < -0.39 is 18.0 Å². The topological polar surface area (TPSA) is 58.9 Å². The average Bonchev–Trinajstić information content (AvgIpc) is 3.21. The summed E-state index contributed by atoms with van der Waals surface area (Å²) in [6, 6.07) is 0. The van der Waals surface area contributed by atoms with Crippen LogP contribution >= 0.6 is 0 Å². The molecule has 4 nitrogen and oxygen atoms in total. The Morgan fingerprint density at radius 2 is 1.78 bits per heavy atom. The summed E-state index contributed by atoms with van der Waals surface area (Å²) in [4.78, 5) is 0. The summed E-state index contributed by atoms with van der Waals surface area (Å²) >= 11 is 0. The molecule has 4 fully saturated rings. The molecule has 0 bridgehead atoms. The van der Waals surface area contributed by atoms with Crippen LogP contribution in [-0.4, -0.2) is 41.4 Å². The largest absolute Gasteiger partial charge is 0.392 e. The second-order valence-corrected chi connectivity index (χ2v) is 9.18. The molecule has 1 unspecified atom stereocenters. The molecule has 4 rings (SSSR count). The highest BCUT2D eigenvalue weighted by Gasteiger charge is 2.76. The molecule has 1 aliphatic heterocycles. The Bertz CT molecular complexity index is 581. The second-order valence-electron chi connectivity index (χ2n) is 9.18. The fourth-order valence-electron chi connectivity index (χ4n) is 6.93. The van der Waals surface area contributed by atoms with E-state index in [-0.39, 0.29) is 17.3 Å². The molecule has 1 saturated heterocycles. The van der Waals surface area contributed by atoms with Crippen molar-refractivity contribution in [2.75, 3.05) is 13.2 Å². The van der Waals surface area contributed by atoms with Crippen molar-refractivity contribution in [2.45, 2.75) is 89.6 Å². The van der Waals surface area contributed by atoms with E-state index >= 15 is 0 Å². The molecule has 0 aromatic carbocycles. The van der Waals surface area contributed by atoms with E-state index in [0.29, 0.717) is 25.0 Å². The van der Waals surface area contributed by atoms with Gasteiger partial charge >= 0.3 is 0 Å². The van der Waals surface area contributed by atoms with Crippen molar-refractivity contribution in [3.63, 3.8) is 0 Å². The Morgan fingerprint density at radius 1 is 1.07 bits per heavy atom. The fraction of sp³-hybridized carbons (Fsp3) is 0.913. The van der Waals surface area contributed by atoms with Gasteiger partial charge in [-0.05, 0) is 50.4 Å². The van der Waals surface area contributed by atoms with Gasteiger partial charge in [0.05, 0.1) is 25.2 Å². The lowest BCUT2D eigenvalue weighted by atomic mass is 9.40. The molecule has 0 aromatic heterocycles. The summed E-state index contributed by atoms with van der Waals surface area (Å²) < 4.78 is 12.5. The van der Waals surface area contributed by atoms with E-state index in [9.17, 15) is 10.2 Å². The van der Waals surface area contributed by atoms with Crippen LogP contribution < -0.4 is 0 Å². The smallest absolute Gasteiger partial charge is 0.177 e. The number of hydrogen-bond acceptors (Lipinski definition) is 4. The van der Waals surface area contributed by atoms with Gasteiger partial charge in [0.2, 0.25) is 0 Å². The molecule has 4 heteroatoms. The third kappa shape index (κ3) is 2.89. The van der Waals surface area contributed by atoms with E-state index in [1.165, 1.54) is 19.3 Å². The molecule has 2 N–H and O–H groups in total. The van der Waals surface area contributed by atoms with Crippen LogP contribution in [0.3, 0.4) is 0 Å². The molecule has 3 aliphatic carbocycles. The van der Waals surface area contributed by atoms with Crippen molar-refractivity contribution < 1.29 is 19.7 Å². The Labute approximate surface area is 164 Å². The van der Waals surface area contributed by atoms with Crippen molar-refractivity contribution in [1.29, 1.82) is 0 Å². The zero-order valence-corrected chi connectivity index (χ0v) is 17.0. The third-order valence-corrected chi connectivity index (χ3v) is 8.22. The first-order valence-electron chi connectivity index (χ1n) is 11.2. The quantitative estimate of drug-likeness (QED) is 0.740. The van der Waals surface area contributed by atoms with Crippen LogP contribution in [0.5, 0.6) is 0 Å². The normalized spacial score (nSPS) is 42.1. The number of aliphatic hydroxyl groups excluding tert-OH is 2. The number of hydrogen-bond donors (Lipinski definition) is 2. The molecule has 1 spiro atoms. The summed E-state index contributed by atoms with van der Waals surface area (Å²) in [7, 11) is 0. The SMILES string of the molecule is CCC1[C@H]2[C@H](C#C[C@@H](O)C3CCCCC3)[C@@H](O)CC[C@@]2(CC)C12OCCO2. The number of fused-ring (bicyclic) bond motifs is 2. The van der Waals surface area contributed by atoms with E-state index in [1.807, 2.05) is 0 Å². The number of rotatable bonds is 3. The monoisotopic (exact) mass is 376 g/mol. The molecule has 6 atom stereocenters. The van der Waals surface area contributed by atoms with Crippen LogP contribution in [0.1, 0.15) is 71.6 Å². The summed E-state index contributed by atoms with van der Waals surface area (Å²) in [6.45, 7) is 5.76. The maximum Gasteiger partial charge on any atom is 0.177 e. The molecule has 1 heterocycles. The van der Waals surface area contributed by atoms with Crippen LogP contribution in [-0.2, 0) is 9.47 Å². The van der Waals surface area contributed by atoms with E-state index in [4.69, 9.17) is 9.47 Å².